The molecule has 2 radical (unpaired) electrons. The van der Waals surface area contributed by atoms with Crippen molar-refractivity contribution in [3.63, 3.8) is 0 Å². The largest absolute Gasteiger partial charge is 0.340 e. The third-order valence-corrected chi connectivity index (χ3v) is 2.82. The zero-order chi connectivity index (χ0) is 9.30. The molecule has 1 aliphatic rings. The van der Waals surface area contributed by atoms with Gasteiger partial charge in [0.15, 0.2) is 0 Å². The fourth-order valence-corrected chi connectivity index (χ4v) is 2.18. The number of carbonyl (C=O) groups is 2. The number of carbonyl (C=O) groups excluding carboxylic acids is 2. The molecule has 1 heterocycles. The summed E-state index contributed by atoms with van der Waals surface area (Å²) in [6.07, 6.45) is 0.248. The molecule has 1 atom stereocenters. The van der Waals surface area contributed by atoms with Crippen LogP contribution in [-0.4, -0.2) is 35.1 Å². The number of hydrogen-bond acceptors (Lipinski definition) is 3. The predicted molar refractivity (Wildman–Crippen MR) is 48.7 cm³/mol. The van der Waals surface area contributed by atoms with Crippen molar-refractivity contribution in [2.24, 2.45) is 0 Å². The molecule has 0 spiro atoms. The molecule has 1 unspecified atom stereocenters. The maximum absolute atomic E-state index is 11.2. The Kier molecular flexibility index (Phi) is 2.83. The van der Waals surface area contributed by atoms with Crippen molar-refractivity contribution < 1.29 is 9.59 Å². The molecular weight excluding hydrogens is 173 g/mol. The van der Waals surface area contributed by atoms with E-state index in [1.807, 2.05) is 13.8 Å². The molecule has 0 bridgehead atoms. The van der Waals surface area contributed by atoms with E-state index in [0.29, 0.717) is 5.25 Å². The van der Waals surface area contributed by atoms with Gasteiger partial charge < -0.3 is 4.81 Å². The third kappa shape index (κ3) is 1.83. The zero-order valence-electron chi connectivity index (χ0n) is 7.11. The van der Waals surface area contributed by atoms with Gasteiger partial charge in [0.05, 0.1) is 5.25 Å². The average molecular weight is 183 g/mol. The highest BCUT2D eigenvalue weighted by Crippen LogP contribution is 2.26. The van der Waals surface area contributed by atoms with E-state index in [4.69, 9.17) is 7.98 Å². The zero-order valence-corrected chi connectivity index (χ0v) is 7.93. The van der Waals surface area contributed by atoms with E-state index in [0.717, 1.165) is 4.81 Å². The lowest BCUT2D eigenvalue weighted by Crippen LogP contribution is -2.28. The number of imide groups is 1. The Hall–Kier alpha value is -0.445. The summed E-state index contributed by atoms with van der Waals surface area (Å²) in [4.78, 5) is 22.9. The molecule has 0 N–H and O–H groups in total. The molecule has 0 aromatic carbocycles. The van der Waals surface area contributed by atoms with Crippen LogP contribution in [0.3, 0.4) is 0 Å². The molecule has 64 valence electrons. The van der Waals surface area contributed by atoms with Crippen LogP contribution in [0, 0.1) is 0 Å². The normalized spacial score (nSPS) is 24.2. The Bertz CT molecular complexity index is 219. The highest BCUT2D eigenvalue weighted by molar-refractivity contribution is 8.01. The summed E-state index contributed by atoms with van der Waals surface area (Å²) in [5.41, 5.74) is 0. The quantitative estimate of drug-likeness (QED) is 0.457. The fraction of sp³-hybridized carbons (Fsp3) is 0.714. The lowest BCUT2D eigenvalue weighted by atomic mass is 10.3. The molecule has 1 rings (SSSR count). The summed E-state index contributed by atoms with van der Waals surface area (Å²) < 4.78 is 0. The topological polar surface area (TPSA) is 37.4 Å². The molecule has 2 amide bonds. The first-order valence-corrected chi connectivity index (χ1v) is 4.73. The molecule has 3 nitrogen and oxygen atoms in total. The van der Waals surface area contributed by atoms with Crippen LogP contribution in [0.1, 0.15) is 20.3 Å². The minimum Gasteiger partial charge on any atom is -0.340 e. The minimum atomic E-state index is -0.279. The summed E-state index contributed by atoms with van der Waals surface area (Å²) in [5.74, 6) is -0.545. The van der Waals surface area contributed by atoms with Gasteiger partial charge in [0.2, 0.25) is 19.8 Å². The van der Waals surface area contributed by atoms with Gasteiger partial charge in [0, 0.05) is 6.42 Å². The Morgan fingerprint density at radius 2 is 2.17 bits per heavy atom. The summed E-state index contributed by atoms with van der Waals surface area (Å²) in [6.45, 7) is 3.98. The number of rotatable bonds is 2. The van der Waals surface area contributed by atoms with E-state index in [1.54, 1.807) is 0 Å². The Labute approximate surface area is 77.3 Å². The van der Waals surface area contributed by atoms with Crippen molar-refractivity contribution in [3.05, 3.63) is 0 Å². The predicted octanol–water partition coefficient (Wildman–Crippen LogP) is 0.339. The number of hydrogen-bond donors (Lipinski definition) is 0. The Morgan fingerprint density at radius 3 is 2.50 bits per heavy atom. The Balaban J connectivity index is 2.59. The second-order valence-electron chi connectivity index (χ2n) is 2.98. The van der Waals surface area contributed by atoms with E-state index in [1.165, 1.54) is 11.8 Å². The maximum Gasteiger partial charge on any atom is 0.242 e. The highest BCUT2D eigenvalue weighted by Gasteiger charge is 2.35. The molecule has 5 heteroatoms. The van der Waals surface area contributed by atoms with Gasteiger partial charge in [0.25, 0.3) is 0 Å². The van der Waals surface area contributed by atoms with Crippen molar-refractivity contribution in [2.75, 3.05) is 0 Å². The molecule has 0 aromatic rings. The van der Waals surface area contributed by atoms with Crippen LogP contribution in [0.5, 0.6) is 0 Å². The molecule has 1 aliphatic heterocycles. The van der Waals surface area contributed by atoms with Crippen LogP contribution in [-0.2, 0) is 9.59 Å². The molecule has 1 saturated heterocycles. The van der Waals surface area contributed by atoms with E-state index < -0.39 is 0 Å². The summed E-state index contributed by atoms with van der Waals surface area (Å²) >= 11 is 1.49. The van der Waals surface area contributed by atoms with Gasteiger partial charge >= 0.3 is 0 Å². The smallest absolute Gasteiger partial charge is 0.242 e. The monoisotopic (exact) mass is 183 g/mol. The average Bonchev–Trinajstić information content (AvgIpc) is 2.17. The van der Waals surface area contributed by atoms with Gasteiger partial charge in [-0.05, 0) is 5.25 Å². The molecule has 0 saturated carbocycles. The lowest BCUT2D eigenvalue weighted by Gasteiger charge is -2.10. The van der Waals surface area contributed by atoms with Crippen molar-refractivity contribution in [1.82, 2.24) is 4.81 Å². The van der Waals surface area contributed by atoms with Crippen LogP contribution in [0.2, 0.25) is 0 Å². The van der Waals surface area contributed by atoms with Crippen molar-refractivity contribution in [3.8, 4) is 0 Å². The van der Waals surface area contributed by atoms with Crippen LogP contribution in [0.15, 0.2) is 0 Å². The SMILES string of the molecule is [B]N1C(=O)CC(SC(C)C)C1=O. The van der Waals surface area contributed by atoms with Gasteiger partial charge in [-0.1, -0.05) is 13.8 Å². The van der Waals surface area contributed by atoms with Crippen LogP contribution >= 0.6 is 11.8 Å². The van der Waals surface area contributed by atoms with E-state index in [9.17, 15) is 9.59 Å². The first-order chi connectivity index (χ1) is 5.52. The summed E-state index contributed by atoms with van der Waals surface area (Å²) in [6, 6.07) is 0. The van der Waals surface area contributed by atoms with E-state index in [2.05, 4.69) is 0 Å². The number of amides is 2. The van der Waals surface area contributed by atoms with Gasteiger partial charge in [0.1, 0.15) is 0 Å². The molecule has 12 heavy (non-hydrogen) atoms. The van der Waals surface area contributed by atoms with Crippen LogP contribution < -0.4 is 0 Å². The molecular formula is C7H10BNO2S. The molecule has 1 fully saturated rings. The van der Waals surface area contributed by atoms with Gasteiger partial charge in [-0.2, -0.15) is 0 Å². The maximum atomic E-state index is 11.2. The van der Waals surface area contributed by atoms with Crippen molar-refractivity contribution in [1.29, 1.82) is 0 Å². The molecule has 0 aromatic heterocycles. The minimum absolute atomic E-state index is 0.248. The third-order valence-electron chi connectivity index (χ3n) is 1.58. The van der Waals surface area contributed by atoms with Crippen LogP contribution in [0.25, 0.3) is 0 Å². The summed E-state index contributed by atoms with van der Waals surface area (Å²) in [7, 11) is 5.21. The van der Waals surface area contributed by atoms with Crippen molar-refractivity contribution in [2.45, 2.75) is 30.8 Å². The van der Waals surface area contributed by atoms with Gasteiger partial charge in [-0.3, -0.25) is 9.59 Å². The lowest BCUT2D eigenvalue weighted by molar-refractivity contribution is -0.132. The van der Waals surface area contributed by atoms with Gasteiger partial charge in [-0.15, -0.1) is 11.8 Å². The van der Waals surface area contributed by atoms with E-state index >= 15 is 0 Å². The first kappa shape index (κ1) is 9.64. The van der Waals surface area contributed by atoms with Crippen LogP contribution in [0.4, 0.5) is 0 Å². The fourth-order valence-electron chi connectivity index (χ4n) is 1.06. The second kappa shape index (κ2) is 3.52. The Morgan fingerprint density at radius 1 is 1.58 bits per heavy atom. The molecule has 0 aliphatic carbocycles. The number of thioether (sulfide) groups is 1. The van der Waals surface area contributed by atoms with Crippen molar-refractivity contribution >= 4 is 31.6 Å². The standard InChI is InChI=1S/C7H10BNO2S/c1-4(2)12-5-3-6(10)9(8)7(5)11/h4-5H,3H2,1-2H3. The number of nitrogens with zero attached hydrogens (tertiary/aromatic N) is 1. The van der Waals surface area contributed by atoms with Gasteiger partial charge in [-0.25, -0.2) is 0 Å². The second-order valence-corrected chi connectivity index (χ2v) is 4.76. The highest BCUT2D eigenvalue weighted by atomic mass is 32.2. The van der Waals surface area contributed by atoms with E-state index in [-0.39, 0.29) is 23.5 Å². The summed E-state index contributed by atoms with van der Waals surface area (Å²) in [5, 5.41) is 0.0840. The first-order valence-electron chi connectivity index (χ1n) is 3.79.